The summed E-state index contributed by atoms with van der Waals surface area (Å²) in [5.41, 5.74) is 0. The van der Waals surface area contributed by atoms with E-state index >= 15 is 0 Å². The second kappa shape index (κ2) is 7.33. The van der Waals surface area contributed by atoms with E-state index in [0.29, 0.717) is 26.3 Å². The maximum atomic E-state index is 11.8. The molecule has 18 heavy (non-hydrogen) atoms. The summed E-state index contributed by atoms with van der Waals surface area (Å²) in [5.74, 6) is -0.312. The van der Waals surface area contributed by atoms with Gasteiger partial charge < -0.3 is 19.7 Å². The van der Waals surface area contributed by atoms with Crippen molar-refractivity contribution in [2.75, 3.05) is 40.5 Å². The Bertz CT molecular complexity index is 296. The molecule has 6 nitrogen and oxygen atoms in total. The van der Waals surface area contributed by atoms with Gasteiger partial charge in [0.2, 0.25) is 11.8 Å². The Kier molecular flexibility index (Phi) is 6.07. The Morgan fingerprint density at radius 3 is 2.83 bits per heavy atom. The zero-order valence-electron chi connectivity index (χ0n) is 11.3. The Morgan fingerprint density at radius 1 is 1.50 bits per heavy atom. The molecule has 0 aromatic carbocycles. The van der Waals surface area contributed by atoms with Crippen LogP contribution in [-0.4, -0.2) is 63.3 Å². The van der Waals surface area contributed by atoms with E-state index in [2.05, 4.69) is 5.32 Å². The summed E-state index contributed by atoms with van der Waals surface area (Å²) in [6, 6.07) is 0.0132. The largest absolute Gasteiger partial charge is 0.383 e. The van der Waals surface area contributed by atoms with Crippen molar-refractivity contribution >= 4 is 11.8 Å². The smallest absolute Gasteiger partial charge is 0.225 e. The molecule has 1 N–H and O–H groups in total. The Labute approximate surface area is 108 Å². The first kappa shape index (κ1) is 14.9. The average molecular weight is 258 g/mol. The number of carbonyl (C=O) groups excluding carboxylic acids is 2. The highest BCUT2D eigenvalue weighted by Crippen LogP contribution is 2.20. The molecule has 0 aromatic heterocycles. The van der Waals surface area contributed by atoms with E-state index in [0.717, 1.165) is 0 Å². The van der Waals surface area contributed by atoms with Crippen molar-refractivity contribution in [1.82, 2.24) is 10.2 Å². The molecule has 0 radical (unpaired) electrons. The summed E-state index contributed by atoms with van der Waals surface area (Å²) in [5, 5.41) is 2.76. The van der Waals surface area contributed by atoms with Crippen molar-refractivity contribution in [3.8, 4) is 0 Å². The van der Waals surface area contributed by atoms with Crippen LogP contribution in [0.3, 0.4) is 0 Å². The van der Waals surface area contributed by atoms with Crippen LogP contribution in [-0.2, 0) is 19.1 Å². The zero-order valence-corrected chi connectivity index (χ0v) is 11.3. The SMILES string of the molecule is COCCNC(=O)[C@H]1CC(=O)N([C@H](C)COC)C1. The monoisotopic (exact) mass is 258 g/mol. The van der Waals surface area contributed by atoms with Gasteiger partial charge in [0.25, 0.3) is 0 Å². The molecule has 0 saturated carbocycles. The van der Waals surface area contributed by atoms with Gasteiger partial charge in [0, 0.05) is 33.7 Å². The summed E-state index contributed by atoms with van der Waals surface area (Å²) in [6.45, 7) is 3.85. The van der Waals surface area contributed by atoms with E-state index in [1.807, 2.05) is 6.92 Å². The lowest BCUT2D eigenvalue weighted by molar-refractivity contribution is -0.130. The number of methoxy groups -OCH3 is 2. The van der Waals surface area contributed by atoms with Gasteiger partial charge in [-0.25, -0.2) is 0 Å². The molecule has 1 fully saturated rings. The highest BCUT2D eigenvalue weighted by Gasteiger charge is 2.36. The summed E-state index contributed by atoms with van der Waals surface area (Å²) in [6.07, 6.45) is 0.285. The predicted octanol–water partition coefficient (Wildman–Crippen LogP) is -0.368. The Hall–Kier alpha value is -1.14. The number of nitrogens with zero attached hydrogens (tertiary/aromatic N) is 1. The van der Waals surface area contributed by atoms with E-state index in [1.54, 1.807) is 19.1 Å². The number of carbonyl (C=O) groups is 2. The fraction of sp³-hybridized carbons (Fsp3) is 0.833. The molecule has 1 aliphatic rings. The van der Waals surface area contributed by atoms with Gasteiger partial charge in [0.15, 0.2) is 0 Å². The third-order valence-electron chi connectivity index (χ3n) is 3.07. The molecule has 0 unspecified atom stereocenters. The molecular weight excluding hydrogens is 236 g/mol. The van der Waals surface area contributed by atoms with Crippen LogP contribution < -0.4 is 5.32 Å². The lowest BCUT2D eigenvalue weighted by atomic mass is 10.1. The maximum absolute atomic E-state index is 11.8. The summed E-state index contributed by atoms with van der Waals surface area (Å²) in [7, 11) is 3.19. The third-order valence-corrected chi connectivity index (χ3v) is 3.07. The molecular formula is C12H22N2O4. The molecule has 6 heteroatoms. The van der Waals surface area contributed by atoms with Crippen LogP contribution in [0.2, 0.25) is 0 Å². The lowest BCUT2D eigenvalue weighted by Crippen LogP contribution is -2.39. The van der Waals surface area contributed by atoms with Gasteiger partial charge in [-0.1, -0.05) is 0 Å². The first-order valence-corrected chi connectivity index (χ1v) is 6.15. The number of rotatable bonds is 7. The Morgan fingerprint density at radius 2 is 2.22 bits per heavy atom. The number of ether oxygens (including phenoxy) is 2. The van der Waals surface area contributed by atoms with E-state index < -0.39 is 0 Å². The minimum absolute atomic E-state index is 0.0132. The topological polar surface area (TPSA) is 67.9 Å². The van der Waals surface area contributed by atoms with Crippen molar-refractivity contribution in [3.05, 3.63) is 0 Å². The number of hydrogen-bond donors (Lipinski definition) is 1. The van der Waals surface area contributed by atoms with Gasteiger partial charge in [-0.3, -0.25) is 9.59 Å². The van der Waals surface area contributed by atoms with E-state index in [9.17, 15) is 9.59 Å². The van der Waals surface area contributed by atoms with Gasteiger partial charge in [0.1, 0.15) is 0 Å². The van der Waals surface area contributed by atoms with Crippen LogP contribution in [0.25, 0.3) is 0 Å². The van der Waals surface area contributed by atoms with Crippen LogP contribution in [0, 0.1) is 5.92 Å². The molecule has 104 valence electrons. The van der Waals surface area contributed by atoms with Crippen molar-refractivity contribution in [1.29, 1.82) is 0 Å². The second-order valence-electron chi connectivity index (χ2n) is 4.54. The number of hydrogen-bond acceptors (Lipinski definition) is 4. The summed E-state index contributed by atoms with van der Waals surface area (Å²) < 4.78 is 9.89. The minimum atomic E-state index is -0.256. The molecule has 2 atom stereocenters. The number of nitrogens with one attached hydrogen (secondary N) is 1. The predicted molar refractivity (Wildman–Crippen MR) is 66.0 cm³/mol. The molecule has 1 saturated heterocycles. The van der Waals surface area contributed by atoms with Crippen LogP contribution in [0.4, 0.5) is 0 Å². The molecule has 2 amide bonds. The van der Waals surface area contributed by atoms with Crippen molar-refractivity contribution < 1.29 is 19.1 Å². The van der Waals surface area contributed by atoms with Gasteiger partial charge in [-0.05, 0) is 6.92 Å². The fourth-order valence-corrected chi connectivity index (χ4v) is 2.09. The number of likely N-dealkylation sites (tertiary alicyclic amines) is 1. The van der Waals surface area contributed by atoms with Gasteiger partial charge >= 0.3 is 0 Å². The lowest BCUT2D eigenvalue weighted by Gasteiger charge is -2.23. The standard InChI is InChI=1S/C12H22N2O4/c1-9(8-18-3)14-7-10(6-11(14)15)12(16)13-4-5-17-2/h9-10H,4-8H2,1-3H3,(H,13,16)/t9-,10+/m1/s1. The van der Waals surface area contributed by atoms with Crippen LogP contribution in [0.1, 0.15) is 13.3 Å². The molecule has 1 rings (SSSR count). The normalized spacial score (nSPS) is 21.2. The van der Waals surface area contributed by atoms with Crippen molar-refractivity contribution in [3.63, 3.8) is 0 Å². The molecule has 1 aliphatic heterocycles. The Balaban J connectivity index is 2.42. The van der Waals surface area contributed by atoms with Crippen LogP contribution >= 0.6 is 0 Å². The second-order valence-corrected chi connectivity index (χ2v) is 4.54. The highest BCUT2D eigenvalue weighted by molar-refractivity contribution is 5.89. The molecule has 0 aliphatic carbocycles. The average Bonchev–Trinajstić information content (AvgIpc) is 2.72. The quantitative estimate of drug-likeness (QED) is 0.633. The first-order chi connectivity index (χ1) is 8.60. The maximum Gasteiger partial charge on any atom is 0.225 e. The zero-order chi connectivity index (χ0) is 13.5. The van der Waals surface area contributed by atoms with E-state index in [-0.39, 0.29) is 30.2 Å². The third kappa shape index (κ3) is 3.96. The van der Waals surface area contributed by atoms with Gasteiger partial charge in [0.05, 0.1) is 25.2 Å². The summed E-state index contributed by atoms with van der Waals surface area (Å²) in [4.78, 5) is 25.3. The minimum Gasteiger partial charge on any atom is -0.383 e. The van der Waals surface area contributed by atoms with Crippen molar-refractivity contribution in [2.24, 2.45) is 5.92 Å². The van der Waals surface area contributed by atoms with Crippen LogP contribution in [0.15, 0.2) is 0 Å². The molecule has 0 aromatic rings. The molecule has 0 bridgehead atoms. The van der Waals surface area contributed by atoms with Gasteiger partial charge in [-0.15, -0.1) is 0 Å². The summed E-state index contributed by atoms with van der Waals surface area (Å²) >= 11 is 0. The molecule has 0 spiro atoms. The highest BCUT2D eigenvalue weighted by atomic mass is 16.5. The number of amides is 2. The fourth-order valence-electron chi connectivity index (χ4n) is 2.09. The van der Waals surface area contributed by atoms with Gasteiger partial charge in [-0.2, -0.15) is 0 Å². The van der Waals surface area contributed by atoms with Crippen molar-refractivity contribution in [2.45, 2.75) is 19.4 Å². The van der Waals surface area contributed by atoms with E-state index in [4.69, 9.17) is 9.47 Å². The van der Waals surface area contributed by atoms with E-state index in [1.165, 1.54) is 0 Å². The first-order valence-electron chi connectivity index (χ1n) is 6.15. The molecule has 1 heterocycles. The van der Waals surface area contributed by atoms with Crippen LogP contribution in [0.5, 0.6) is 0 Å².